The smallest absolute Gasteiger partial charge is 0.0931 e. The van der Waals surface area contributed by atoms with E-state index in [4.69, 9.17) is 0 Å². The van der Waals surface area contributed by atoms with Crippen molar-refractivity contribution in [1.82, 2.24) is 9.88 Å². The van der Waals surface area contributed by atoms with E-state index in [1.165, 1.54) is 24.9 Å². The van der Waals surface area contributed by atoms with Gasteiger partial charge >= 0.3 is 0 Å². The minimum Gasteiger partial charge on any atom is -0.387 e. The van der Waals surface area contributed by atoms with Gasteiger partial charge in [0.2, 0.25) is 0 Å². The first-order valence-corrected chi connectivity index (χ1v) is 7.26. The summed E-state index contributed by atoms with van der Waals surface area (Å²) in [5, 5.41) is 9.51. The van der Waals surface area contributed by atoms with Crippen LogP contribution in [0.5, 0.6) is 0 Å². The zero-order chi connectivity index (χ0) is 13.4. The van der Waals surface area contributed by atoms with Crippen LogP contribution in [0.1, 0.15) is 38.0 Å². The number of aliphatic hydroxyl groups excluding tert-OH is 1. The second-order valence-corrected chi connectivity index (χ2v) is 5.90. The standard InChI is InChI=1S/C15H23N3O/c1-11(19)15-6-5-13(9-16-15)18-8-7-12-3-4-14(10-18)17(12)2/h5-6,9,11-12,14,19H,3-4,7-8,10H2,1-2H3/t11-,12?,14?/m0/s1. The zero-order valence-electron chi connectivity index (χ0n) is 11.8. The molecule has 4 heteroatoms. The number of likely N-dealkylation sites (N-methyl/N-ethyl adjacent to an activating group) is 1. The molecule has 19 heavy (non-hydrogen) atoms. The molecule has 0 radical (unpaired) electrons. The highest BCUT2D eigenvalue weighted by Gasteiger charge is 2.34. The number of rotatable bonds is 2. The van der Waals surface area contributed by atoms with Gasteiger partial charge in [-0.2, -0.15) is 0 Å². The Kier molecular flexibility index (Phi) is 3.46. The monoisotopic (exact) mass is 261 g/mol. The minimum atomic E-state index is -0.486. The Morgan fingerprint density at radius 3 is 2.74 bits per heavy atom. The Bertz CT molecular complexity index is 432. The van der Waals surface area contributed by atoms with E-state index in [1.54, 1.807) is 6.92 Å². The van der Waals surface area contributed by atoms with Crippen molar-refractivity contribution in [3.63, 3.8) is 0 Å². The summed E-state index contributed by atoms with van der Waals surface area (Å²) >= 11 is 0. The third kappa shape index (κ3) is 2.47. The van der Waals surface area contributed by atoms with Crippen molar-refractivity contribution in [1.29, 1.82) is 0 Å². The lowest BCUT2D eigenvalue weighted by Crippen LogP contribution is -2.36. The summed E-state index contributed by atoms with van der Waals surface area (Å²) in [4.78, 5) is 9.36. The van der Waals surface area contributed by atoms with E-state index >= 15 is 0 Å². The number of anilines is 1. The average molecular weight is 261 g/mol. The van der Waals surface area contributed by atoms with E-state index in [0.29, 0.717) is 6.04 Å². The van der Waals surface area contributed by atoms with Crippen LogP contribution in [0.3, 0.4) is 0 Å². The molecule has 1 N–H and O–H groups in total. The molecule has 2 unspecified atom stereocenters. The van der Waals surface area contributed by atoms with Gasteiger partial charge in [-0.15, -0.1) is 0 Å². The first-order valence-electron chi connectivity index (χ1n) is 7.26. The van der Waals surface area contributed by atoms with Crippen LogP contribution >= 0.6 is 0 Å². The van der Waals surface area contributed by atoms with Gasteiger partial charge in [0.05, 0.1) is 23.7 Å². The van der Waals surface area contributed by atoms with Crippen LogP contribution < -0.4 is 4.90 Å². The predicted octanol–water partition coefficient (Wildman–Crippen LogP) is 1.81. The maximum Gasteiger partial charge on any atom is 0.0931 e. The van der Waals surface area contributed by atoms with Crippen LogP contribution in [0.2, 0.25) is 0 Å². The molecule has 2 fully saturated rings. The van der Waals surface area contributed by atoms with Crippen LogP contribution in [0, 0.1) is 0 Å². The molecule has 104 valence electrons. The molecule has 0 amide bonds. The lowest BCUT2D eigenvalue weighted by Gasteiger charge is -2.27. The number of aliphatic hydroxyl groups is 1. The van der Waals surface area contributed by atoms with Crippen molar-refractivity contribution in [3.05, 3.63) is 24.0 Å². The van der Waals surface area contributed by atoms with Gasteiger partial charge in [-0.1, -0.05) is 0 Å². The Hall–Kier alpha value is -1.13. The molecule has 0 saturated carbocycles. The molecule has 3 atom stereocenters. The molecule has 4 nitrogen and oxygen atoms in total. The SMILES string of the molecule is C[C@H](O)c1ccc(N2CCC3CCC(C2)N3C)cn1. The van der Waals surface area contributed by atoms with Crippen LogP contribution in [-0.2, 0) is 0 Å². The Morgan fingerprint density at radius 1 is 1.26 bits per heavy atom. The van der Waals surface area contributed by atoms with Gasteiger partial charge in [0.1, 0.15) is 0 Å². The number of aromatic nitrogens is 1. The summed E-state index contributed by atoms with van der Waals surface area (Å²) in [6.07, 6.45) is 5.33. The topological polar surface area (TPSA) is 39.6 Å². The van der Waals surface area contributed by atoms with Crippen molar-refractivity contribution in [3.8, 4) is 0 Å². The Morgan fingerprint density at radius 2 is 2.05 bits per heavy atom. The van der Waals surface area contributed by atoms with Gasteiger partial charge in [0.15, 0.2) is 0 Å². The maximum atomic E-state index is 9.51. The highest BCUT2D eigenvalue weighted by molar-refractivity contribution is 5.45. The lowest BCUT2D eigenvalue weighted by atomic mass is 10.1. The Labute approximate surface area is 115 Å². The number of hydrogen-bond acceptors (Lipinski definition) is 4. The molecule has 2 aliphatic rings. The fourth-order valence-electron chi connectivity index (χ4n) is 3.37. The lowest BCUT2D eigenvalue weighted by molar-refractivity contribution is 0.194. The van der Waals surface area contributed by atoms with E-state index in [2.05, 4.69) is 27.9 Å². The van der Waals surface area contributed by atoms with Gasteiger partial charge in [-0.25, -0.2) is 0 Å². The van der Waals surface area contributed by atoms with E-state index in [1.807, 2.05) is 12.3 Å². The number of hydrogen-bond donors (Lipinski definition) is 1. The molecule has 2 aliphatic heterocycles. The van der Waals surface area contributed by atoms with Crippen molar-refractivity contribution in [2.24, 2.45) is 0 Å². The van der Waals surface area contributed by atoms with E-state index < -0.39 is 6.10 Å². The predicted molar refractivity (Wildman–Crippen MR) is 76.3 cm³/mol. The third-order valence-electron chi connectivity index (χ3n) is 4.71. The summed E-state index contributed by atoms with van der Waals surface area (Å²) in [6, 6.07) is 5.48. The highest BCUT2D eigenvalue weighted by Crippen LogP contribution is 2.30. The molecule has 1 aromatic rings. The molecule has 3 heterocycles. The van der Waals surface area contributed by atoms with Crippen LogP contribution in [0.15, 0.2) is 18.3 Å². The highest BCUT2D eigenvalue weighted by atomic mass is 16.3. The van der Waals surface area contributed by atoms with Crippen molar-refractivity contribution < 1.29 is 5.11 Å². The van der Waals surface area contributed by atoms with Crippen LogP contribution in [0.25, 0.3) is 0 Å². The first kappa shape index (κ1) is 12.9. The molecule has 2 bridgehead atoms. The molecule has 0 aromatic carbocycles. The van der Waals surface area contributed by atoms with Crippen LogP contribution in [0.4, 0.5) is 5.69 Å². The molecular formula is C15H23N3O. The summed E-state index contributed by atoms with van der Waals surface area (Å²) in [5.74, 6) is 0. The fraction of sp³-hybridized carbons (Fsp3) is 0.667. The first-order chi connectivity index (χ1) is 9.15. The average Bonchev–Trinajstić information content (AvgIpc) is 2.63. The largest absolute Gasteiger partial charge is 0.387 e. The molecule has 2 saturated heterocycles. The van der Waals surface area contributed by atoms with E-state index in [-0.39, 0.29) is 0 Å². The third-order valence-corrected chi connectivity index (χ3v) is 4.71. The van der Waals surface area contributed by atoms with Crippen molar-refractivity contribution in [2.75, 3.05) is 25.0 Å². The van der Waals surface area contributed by atoms with Crippen molar-refractivity contribution >= 4 is 5.69 Å². The molecule has 1 aromatic heterocycles. The molecule has 3 rings (SSSR count). The molecule has 0 aliphatic carbocycles. The Balaban J connectivity index is 1.75. The second-order valence-electron chi connectivity index (χ2n) is 5.90. The van der Waals surface area contributed by atoms with Gasteiger partial charge in [-0.05, 0) is 45.4 Å². The zero-order valence-corrected chi connectivity index (χ0v) is 11.8. The van der Waals surface area contributed by atoms with Gasteiger partial charge in [0, 0.05) is 25.2 Å². The number of nitrogens with zero attached hydrogens (tertiary/aromatic N) is 3. The van der Waals surface area contributed by atoms with Gasteiger partial charge < -0.3 is 10.0 Å². The minimum absolute atomic E-state index is 0.486. The molecular weight excluding hydrogens is 238 g/mol. The van der Waals surface area contributed by atoms with Crippen molar-refractivity contribution in [2.45, 2.75) is 44.4 Å². The fourth-order valence-corrected chi connectivity index (χ4v) is 3.37. The molecule has 0 spiro atoms. The van der Waals surface area contributed by atoms with Crippen LogP contribution in [-0.4, -0.2) is 47.2 Å². The summed E-state index contributed by atoms with van der Waals surface area (Å²) in [6.45, 7) is 3.96. The maximum absolute atomic E-state index is 9.51. The van der Waals surface area contributed by atoms with E-state index in [9.17, 15) is 5.11 Å². The van der Waals surface area contributed by atoms with Gasteiger partial charge in [0.25, 0.3) is 0 Å². The number of pyridine rings is 1. The quantitative estimate of drug-likeness (QED) is 0.881. The summed E-state index contributed by atoms with van der Waals surface area (Å²) < 4.78 is 0. The summed E-state index contributed by atoms with van der Waals surface area (Å²) in [7, 11) is 2.26. The van der Waals surface area contributed by atoms with Gasteiger partial charge in [-0.3, -0.25) is 9.88 Å². The second kappa shape index (κ2) is 5.10. The summed E-state index contributed by atoms with van der Waals surface area (Å²) in [5.41, 5.74) is 1.93. The van der Waals surface area contributed by atoms with E-state index in [0.717, 1.165) is 24.8 Å². The normalized spacial score (nSPS) is 29.3. The number of fused-ring (bicyclic) bond motifs is 2.